The van der Waals surface area contributed by atoms with Gasteiger partial charge >= 0.3 is 197 Å². The summed E-state index contributed by atoms with van der Waals surface area (Å²) in [7, 11) is 0. The molecule has 0 aromatic heterocycles. The third-order valence-corrected chi connectivity index (χ3v) is 65.3. The van der Waals surface area contributed by atoms with Gasteiger partial charge in [-0.3, -0.25) is 0 Å². The van der Waals surface area contributed by atoms with Gasteiger partial charge in [0.05, 0.1) is 0 Å². The van der Waals surface area contributed by atoms with Gasteiger partial charge in [0.1, 0.15) is 0 Å². The molecule has 0 N–H and O–H groups in total. The minimum atomic E-state index is -1.08. The molecule has 0 amide bonds. The van der Waals surface area contributed by atoms with E-state index >= 15 is 0 Å². The molecule has 0 atom stereocenters. The van der Waals surface area contributed by atoms with Crippen LogP contribution >= 0.6 is 0 Å². The average Bonchev–Trinajstić information content (AvgIpc) is 2.39. The average molecular weight is 873 g/mol. The molecular formula is C14H16Se5Si2Sn2. The third-order valence-electron chi connectivity index (χ3n) is 2.37. The van der Waals surface area contributed by atoms with Crippen LogP contribution in [0.15, 0.2) is 60.7 Å². The molecule has 0 spiro atoms. The second kappa shape index (κ2) is 15.0. The van der Waals surface area contributed by atoms with Gasteiger partial charge in [-0.2, -0.15) is 0 Å². The van der Waals surface area contributed by atoms with E-state index in [4.69, 9.17) is 0 Å². The molecule has 0 heterocycles. The molecule has 2 rings (SSSR count). The summed E-state index contributed by atoms with van der Waals surface area (Å²) < 4.78 is 2.82. The van der Waals surface area contributed by atoms with E-state index < -0.39 is 9.61 Å². The maximum absolute atomic E-state index is 3.24. The predicted molar refractivity (Wildman–Crippen MR) is 116 cm³/mol. The molecule has 0 aliphatic rings. The Bertz CT molecular complexity index is 467. The Morgan fingerprint density at radius 1 is 0.609 bits per heavy atom. The van der Waals surface area contributed by atoms with Crippen molar-refractivity contribution in [3.63, 3.8) is 0 Å². The number of benzene rings is 2. The fraction of sp³-hybridized carbons (Fsp3) is 0.143. The SMILES string of the molecule is C[Si]([Se])([Se])[Si](C)([Se])[Se].[Se].[Sn][c]1ccccc1.[Sn][c]1ccccc1. The van der Waals surface area contributed by atoms with E-state index in [2.05, 4.69) is 123 Å². The number of hydrogen-bond acceptors (Lipinski definition) is 0. The van der Waals surface area contributed by atoms with Gasteiger partial charge in [-0.25, -0.2) is 0 Å². The summed E-state index contributed by atoms with van der Waals surface area (Å²) in [4.78, 5) is -2.16. The molecule has 0 aliphatic carbocycles. The maximum atomic E-state index is 3.24. The van der Waals surface area contributed by atoms with Crippen molar-refractivity contribution in [2.75, 3.05) is 0 Å². The molecule has 0 saturated heterocycles. The molecule has 0 fully saturated rings. The van der Waals surface area contributed by atoms with Crippen LogP contribution < -0.4 is 7.16 Å². The zero-order chi connectivity index (χ0) is 17.2. The summed E-state index contributed by atoms with van der Waals surface area (Å²) >= 11 is 15.9. The van der Waals surface area contributed by atoms with Crippen LogP contribution in [0.1, 0.15) is 0 Å². The molecule has 118 valence electrons. The van der Waals surface area contributed by atoms with Crippen LogP contribution in [0.4, 0.5) is 0 Å². The zero-order valence-corrected chi connectivity index (χ0v) is 29.1. The van der Waals surface area contributed by atoms with E-state index in [1.54, 1.807) is 0 Å². The second-order valence-corrected chi connectivity index (χ2v) is 55.8. The standard InChI is InChI=1S/2C6H5.C2H6Se4Si2.Se.2Sn/c2*1-2-4-6-5-3-1;1-7(3,4)8(2,5)6;;;/h2*1-5H;1-2H3;;;. The molecule has 0 saturated carbocycles. The van der Waals surface area contributed by atoms with Crippen molar-refractivity contribution in [2.45, 2.75) is 13.1 Å². The van der Waals surface area contributed by atoms with Gasteiger partial charge in [0, 0.05) is 17.1 Å². The Morgan fingerprint density at radius 3 is 0.913 bits per heavy atom. The molecule has 2 aromatic rings. The minimum absolute atomic E-state index is 0. The quantitative estimate of drug-likeness (QED) is 0.339. The van der Waals surface area contributed by atoms with Crippen LogP contribution in [-0.2, 0) is 0 Å². The molecule has 2 aromatic carbocycles. The summed E-state index contributed by atoms with van der Waals surface area (Å²) in [5.74, 6) is 0. The second-order valence-electron chi connectivity index (χ2n) is 4.62. The molecular weight excluding hydrogens is 857 g/mol. The molecule has 0 bridgehead atoms. The molecule has 12 radical (unpaired) electrons. The first kappa shape index (κ1) is 28.3. The van der Waals surface area contributed by atoms with E-state index in [1.165, 1.54) is 52.2 Å². The van der Waals surface area contributed by atoms with Crippen molar-refractivity contribution in [3.05, 3.63) is 60.7 Å². The van der Waals surface area contributed by atoms with Crippen molar-refractivity contribution < 1.29 is 0 Å². The Kier molecular flexibility index (Phi) is 18.5. The van der Waals surface area contributed by atoms with Gasteiger partial charge < -0.3 is 0 Å². The van der Waals surface area contributed by atoms with Gasteiger partial charge in [-0.1, -0.05) is 0 Å². The van der Waals surface area contributed by atoms with E-state index in [-0.39, 0.29) is 17.1 Å². The van der Waals surface area contributed by atoms with Gasteiger partial charge in [0.15, 0.2) is 0 Å². The van der Waals surface area contributed by atoms with Crippen molar-refractivity contribution in [3.8, 4) is 0 Å². The fourth-order valence-corrected chi connectivity index (χ4v) is 1.97. The van der Waals surface area contributed by atoms with Gasteiger partial charge in [0.25, 0.3) is 0 Å². The fourth-order valence-electron chi connectivity index (χ4n) is 0.876. The Labute approximate surface area is 210 Å². The number of hydrogen-bond donors (Lipinski definition) is 0. The monoisotopic (exact) mass is 879 g/mol. The van der Waals surface area contributed by atoms with Crippen molar-refractivity contribution in [1.82, 2.24) is 0 Å². The first-order chi connectivity index (χ1) is 10.0. The zero-order valence-electron chi connectivity index (χ0n) is 12.8. The Hall–Kier alpha value is 3.07. The molecule has 9 heteroatoms. The summed E-state index contributed by atoms with van der Waals surface area (Å²) in [6.45, 7) is 4.60. The Balaban J connectivity index is 0. The summed E-state index contributed by atoms with van der Waals surface area (Å²) in [6, 6.07) is 20.8. The Morgan fingerprint density at radius 2 is 0.826 bits per heavy atom. The van der Waals surface area contributed by atoms with Gasteiger partial charge in [-0.15, -0.1) is 0 Å². The summed E-state index contributed by atoms with van der Waals surface area (Å²) in [6.07, 6.45) is 0. The van der Waals surface area contributed by atoms with Crippen LogP contribution in [-0.4, -0.2) is 133 Å². The number of rotatable bonds is 1. The third kappa shape index (κ3) is 16.9. The van der Waals surface area contributed by atoms with Crippen LogP contribution in [0.3, 0.4) is 0 Å². The van der Waals surface area contributed by atoms with Crippen molar-refractivity contribution in [1.29, 1.82) is 0 Å². The van der Waals surface area contributed by atoms with E-state index in [0.717, 1.165) is 0 Å². The first-order valence-corrected chi connectivity index (χ1v) is 25.2. The molecule has 0 nitrogen and oxygen atoms in total. The topological polar surface area (TPSA) is 0 Å². The van der Waals surface area contributed by atoms with Crippen molar-refractivity contribution in [2.24, 2.45) is 0 Å². The summed E-state index contributed by atoms with van der Waals surface area (Å²) in [5.41, 5.74) is 0. The van der Waals surface area contributed by atoms with Crippen LogP contribution in [0.2, 0.25) is 13.1 Å². The molecule has 0 unspecified atom stereocenters. The van der Waals surface area contributed by atoms with Gasteiger partial charge in [0.2, 0.25) is 0 Å². The van der Waals surface area contributed by atoms with E-state index in [0.29, 0.717) is 0 Å². The summed E-state index contributed by atoms with van der Waals surface area (Å²) in [5, 5.41) is 0. The first-order valence-electron chi connectivity index (χ1n) is 6.39. The van der Waals surface area contributed by atoms with Crippen LogP contribution in [0.5, 0.6) is 0 Å². The van der Waals surface area contributed by atoms with E-state index in [1.807, 2.05) is 12.1 Å². The van der Waals surface area contributed by atoms with E-state index in [9.17, 15) is 0 Å². The van der Waals surface area contributed by atoms with Gasteiger partial charge in [-0.05, 0) is 0 Å². The predicted octanol–water partition coefficient (Wildman–Crippen LogP) is -0.537. The van der Waals surface area contributed by atoms with Crippen LogP contribution in [0, 0.1) is 0 Å². The molecule has 23 heavy (non-hydrogen) atoms. The van der Waals surface area contributed by atoms with Crippen LogP contribution in [0.25, 0.3) is 0 Å². The van der Waals surface area contributed by atoms with Crippen molar-refractivity contribution >= 4 is 140 Å². The molecule has 0 aliphatic heterocycles. The normalized spacial score (nSPS) is 10.3.